The van der Waals surface area contributed by atoms with Crippen molar-refractivity contribution in [2.24, 2.45) is 0 Å². The molecule has 0 spiro atoms. The van der Waals surface area contributed by atoms with Crippen molar-refractivity contribution in [1.29, 1.82) is 0 Å². The number of nitrogens with zero attached hydrogens (tertiary/aromatic N) is 2. The van der Waals surface area contributed by atoms with Gasteiger partial charge in [-0.2, -0.15) is 0 Å². The Bertz CT molecular complexity index is 502. The Balaban J connectivity index is 1.19. The van der Waals surface area contributed by atoms with Gasteiger partial charge in [0.05, 0.1) is 6.54 Å². The Labute approximate surface area is 149 Å². The molecular formula is C18H30N4O3. The van der Waals surface area contributed by atoms with Gasteiger partial charge in [0, 0.05) is 43.3 Å². The maximum atomic E-state index is 12.4. The summed E-state index contributed by atoms with van der Waals surface area (Å²) in [6.45, 7) is 1.57. The minimum Gasteiger partial charge on any atom is -0.480 e. The normalized spacial score (nSPS) is 34.0. The van der Waals surface area contributed by atoms with Gasteiger partial charge in [0.1, 0.15) is 0 Å². The van der Waals surface area contributed by atoms with E-state index in [0.717, 1.165) is 44.8 Å². The Kier molecular flexibility index (Phi) is 4.86. The molecule has 3 saturated heterocycles. The summed E-state index contributed by atoms with van der Waals surface area (Å²) in [4.78, 5) is 27.8. The Morgan fingerprint density at radius 3 is 1.96 bits per heavy atom. The van der Waals surface area contributed by atoms with Gasteiger partial charge in [-0.15, -0.1) is 0 Å². The van der Waals surface area contributed by atoms with Crippen molar-refractivity contribution >= 4 is 12.0 Å². The van der Waals surface area contributed by atoms with Crippen LogP contribution in [-0.4, -0.2) is 76.8 Å². The average Bonchev–Trinajstić information content (AvgIpc) is 3.35. The van der Waals surface area contributed by atoms with Crippen LogP contribution in [0.4, 0.5) is 4.79 Å². The third-order valence-corrected chi connectivity index (χ3v) is 6.37. The van der Waals surface area contributed by atoms with E-state index in [-0.39, 0.29) is 18.6 Å². The number of rotatable bonds is 5. The molecule has 1 saturated carbocycles. The lowest BCUT2D eigenvalue weighted by atomic mass is 9.97. The number of fused-ring (bicyclic) bond motifs is 2. The first-order valence-electron chi connectivity index (χ1n) is 9.87. The summed E-state index contributed by atoms with van der Waals surface area (Å²) in [5.41, 5.74) is 0. The third kappa shape index (κ3) is 4.08. The van der Waals surface area contributed by atoms with E-state index < -0.39 is 5.97 Å². The molecule has 4 rings (SSSR count). The van der Waals surface area contributed by atoms with Gasteiger partial charge in [-0.1, -0.05) is 0 Å². The van der Waals surface area contributed by atoms with E-state index in [0.29, 0.717) is 18.1 Å². The van der Waals surface area contributed by atoms with E-state index in [4.69, 9.17) is 5.11 Å². The van der Waals surface area contributed by atoms with E-state index in [1.165, 1.54) is 25.7 Å². The van der Waals surface area contributed by atoms with Crippen molar-refractivity contribution in [2.45, 2.75) is 81.6 Å². The number of carbonyl (C=O) groups excluding carboxylic acids is 1. The number of hydrogen-bond donors (Lipinski definition) is 3. The van der Waals surface area contributed by atoms with Crippen LogP contribution in [0.3, 0.4) is 0 Å². The average molecular weight is 350 g/mol. The number of hydrogen-bond acceptors (Lipinski definition) is 4. The van der Waals surface area contributed by atoms with Crippen molar-refractivity contribution in [3.05, 3.63) is 0 Å². The molecule has 0 aromatic carbocycles. The number of aliphatic carboxylic acids is 1. The van der Waals surface area contributed by atoms with Gasteiger partial charge in [0.2, 0.25) is 0 Å². The molecule has 0 aromatic rings. The SMILES string of the molecule is O=C(O)CN1CCC(NC(=O)NC2CC3CCC(C2)N3C2CC2)CC1. The quantitative estimate of drug-likeness (QED) is 0.689. The summed E-state index contributed by atoms with van der Waals surface area (Å²) in [5, 5.41) is 15.1. The minimum atomic E-state index is -0.781. The molecule has 3 N–H and O–H groups in total. The van der Waals surface area contributed by atoms with Crippen LogP contribution in [0.5, 0.6) is 0 Å². The first-order chi connectivity index (χ1) is 12.1. The molecule has 2 amide bonds. The van der Waals surface area contributed by atoms with Crippen LogP contribution in [0.2, 0.25) is 0 Å². The van der Waals surface area contributed by atoms with Crippen molar-refractivity contribution < 1.29 is 14.7 Å². The number of amides is 2. The molecular weight excluding hydrogens is 320 g/mol. The predicted octanol–water partition coefficient (Wildman–Crippen LogP) is 0.992. The van der Waals surface area contributed by atoms with Gasteiger partial charge in [-0.3, -0.25) is 14.6 Å². The molecule has 2 atom stereocenters. The van der Waals surface area contributed by atoms with Crippen LogP contribution in [0.15, 0.2) is 0 Å². The maximum Gasteiger partial charge on any atom is 0.317 e. The van der Waals surface area contributed by atoms with E-state index in [1.807, 2.05) is 4.90 Å². The van der Waals surface area contributed by atoms with Crippen LogP contribution >= 0.6 is 0 Å². The highest BCUT2D eigenvalue weighted by Gasteiger charge is 2.47. The number of urea groups is 1. The second kappa shape index (κ2) is 7.11. The lowest BCUT2D eigenvalue weighted by molar-refractivity contribution is -0.138. The molecule has 2 unspecified atom stereocenters. The fourth-order valence-corrected chi connectivity index (χ4v) is 5.14. The van der Waals surface area contributed by atoms with Crippen LogP contribution in [0.25, 0.3) is 0 Å². The number of carboxylic acids is 1. The van der Waals surface area contributed by atoms with Crippen LogP contribution in [-0.2, 0) is 4.79 Å². The summed E-state index contributed by atoms with van der Waals surface area (Å²) in [7, 11) is 0. The predicted molar refractivity (Wildman–Crippen MR) is 93.5 cm³/mol. The zero-order valence-corrected chi connectivity index (χ0v) is 14.8. The van der Waals surface area contributed by atoms with E-state index >= 15 is 0 Å². The van der Waals surface area contributed by atoms with Crippen LogP contribution in [0.1, 0.15) is 51.4 Å². The molecule has 4 aliphatic rings. The molecule has 3 heterocycles. The van der Waals surface area contributed by atoms with Gasteiger partial charge >= 0.3 is 12.0 Å². The topological polar surface area (TPSA) is 84.9 Å². The van der Waals surface area contributed by atoms with Gasteiger partial charge in [-0.05, 0) is 51.4 Å². The number of likely N-dealkylation sites (tertiary alicyclic amines) is 1. The lowest BCUT2D eigenvalue weighted by Crippen LogP contribution is -2.55. The lowest BCUT2D eigenvalue weighted by Gasteiger charge is -2.39. The molecule has 7 nitrogen and oxygen atoms in total. The van der Waals surface area contributed by atoms with Gasteiger partial charge in [0.15, 0.2) is 0 Å². The largest absolute Gasteiger partial charge is 0.480 e. The third-order valence-electron chi connectivity index (χ3n) is 6.37. The summed E-state index contributed by atoms with van der Waals surface area (Å²) in [6, 6.07) is 2.61. The molecule has 7 heteroatoms. The summed E-state index contributed by atoms with van der Waals surface area (Å²) in [5.74, 6) is -0.781. The van der Waals surface area contributed by atoms with Crippen molar-refractivity contribution in [3.8, 4) is 0 Å². The maximum absolute atomic E-state index is 12.4. The van der Waals surface area contributed by atoms with Crippen molar-refractivity contribution in [1.82, 2.24) is 20.4 Å². The fraction of sp³-hybridized carbons (Fsp3) is 0.889. The monoisotopic (exact) mass is 350 g/mol. The smallest absolute Gasteiger partial charge is 0.317 e. The first kappa shape index (κ1) is 17.1. The highest BCUT2D eigenvalue weighted by atomic mass is 16.4. The molecule has 0 radical (unpaired) electrons. The number of nitrogens with one attached hydrogen (secondary N) is 2. The second-order valence-electron chi connectivity index (χ2n) is 8.29. The fourth-order valence-electron chi connectivity index (χ4n) is 5.14. The standard InChI is InChI=1S/C18H30N4O3/c23-17(24)11-21-7-5-12(6-8-21)19-18(25)20-13-9-15-3-4-16(10-13)22(15)14-1-2-14/h12-16H,1-11H2,(H,23,24)(H2,19,20,25). The van der Waals surface area contributed by atoms with Crippen LogP contribution < -0.4 is 10.6 Å². The highest BCUT2D eigenvalue weighted by Crippen LogP contribution is 2.43. The molecule has 4 fully saturated rings. The molecule has 3 aliphatic heterocycles. The van der Waals surface area contributed by atoms with E-state index in [1.54, 1.807) is 0 Å². The Morgan fingerprint density at radius 2 is 1.40 bits per heavy atom. The summed E-state index contributed by atoms with van der Waals surface area (Å²) < 4.78 is 0. The molecule has 0 aromatic heterocycles. The molecule has 25 heavy (non-hydrogen) atoms. The van der Waals surface area contributed by atoms with Gasteiger partial charge < -0.3 is 15.7 Å². The first-order valence-corrected chi connectivity index (χ1v) is 9.87. The highest BCUT2D eigenvalue weighted by molar-refractivity contribution is 5.74. The molecule has 140 valence electrons. The van der Waals surface area contributed by atoms with Crippen LogP contribution in [0, 0.1) is 0 Å². The minimum absolute atomic E-state index is 0.0408. The molecule has 2 bridgehead atoms. The van der Waals surface area contributed by atoms with Gasteiger partial charge in [0.25, 0.3) is 0 Å². The summed E-state index contributed by atoms with van der Waals surface area (Å²) >= 11 is 0. The van der Waals surface area contributed by atoms with Crippen molar-refractivity contribution in [2.75, 3.05) is 19.6 Å². The zero-order valence-electron chi connectivity index (χ0n) is 14.8. The van der Waals surface area contributed by atoms with E-state index in [2.05, 4.69) is 15.5 Å². The second-order valence-corrected chi connectivity index (χ2v) is 8.29. The van der Waals surface area contributed by atoms with E-state index in [9.17, 15) is 9.59 Å². The zero-order chi connectivity index (χ0) is 17.4. The number of carbonyl (C=O) groups is 2. The Morgan fingerprint density at radius 1 is 0.840 bits per heavy atom. The van der Waals surface area contributed by atoms with Gasteiger partial charge in [-0.25, -0.2) is 4.79 Å². The van der Waals surface area contributed by atoms with Crippen molar-refractivity contribution in [3.63, 3.8) is 0 Å². The Hall–Kier alpha value is -1.34. The number of carboxylic acid groups (broad SMARTS) is 1. The number of piperidine rings is 2. The summed E-state index contributed by atoms with van der Waals surface area (Å²) in [6.07, 6.45) is 9.16. The molecule has 1 aliphatic carbocycles.